The van der Waals surface area contributed by atoms with Crippen molar-refractivity contribution in [1.82, 2.24) is 0 Å². The van der Waals surface area contributed by atoms with Crippen LogP contribution in [0.2, 0.25) is 0 Å². The van der Waals surface area contributed by atoms with Crippen LogP contribution in [-0.4, -0.2) is 43.4 Å². The molecular formula is C11H24ClNO. The number of unbranched alkanes of at least 4 members (excludes halogenated alkanes) is 1. The van der Waals surface area contributed by atoms with E-state index in [9.17, 15) is 0 Å². The van der Waals surface area contributed by atoms with Crippen molar-refractivity contribution in [1.29, 1.82) is 0 Å². The molecule has 86 valence electrons. The Kier molecular flexibility index (Phi) is 6.75. The van der Waals surface area contributed by atoms with Crippen LogP contribution in [0.15, 0.2) is 0 Å². The lowest BCUT2D eigenvalue weighted by atomic mass is 10.2. The number of nitrogens with zero attached hydrogens (tertiary/aromatic N) is 1. The molecule has 1 aliphatic heterocycles. The molecule has 0 aliphatic carbocycles. The standard InChI is InChI=1S/C11H24NO.ClH/c1-4-7-8-12(5-2,6-3)9-11-10-13-11;/h11H,4-10H2,1-3H3;1H/q+1;/p-1. The summed E-state index contributed by atoms with van der Waals surface area (Å²) in [5.74, 6) is 0. The highest BCUT2D eigenvalue weighted by atomic mass is 35.5. The summed E-state index contributed by atoms with van der Waals surface area (Å²) in [6, 6.07) is 0. The summed E-state index contributed by atoms with van der Waals surface area (Å²) in [6.07, 6.45) is 3.25. The molecule has 1 atom stereocenters. The van der Waals surface area contributed by atoms with Crippen molar-refractivity contribution in [2.24, 2.45) is 0 Å². The molecule has 0 aromatic heterocycles. The smallest absolute Gasteiger partial charge is 0.130 e. The molecule has 0 aromatic rings. The van der Waals surface area contributed by atoms with Gasteiger partial charge in [0.05, 0.1) is 26.2 Å². The number of likely N-dealkylation sites (N-methyl/N-ethyl adjacent to an activating group) is 1. The maximum Gasteiger partial charge on any atom is 0.130 e. The maximum absolute atomic E-state index is 5.33. The topological polar surface area (TPSA) is 12.5 Å². The minimum atomic E-state index is 0. The van der Waals surface area contributed by atoms with Crippen LogP contribution in [0.5, 0.6) is 0 Å². The van der Waals surface area contributed by atoms with E-state index in [1.165, 1.54) is 43.5 Å². The summed E-state index contributed by atoms with van der Waals surface area (Å²) in [4.78, 5) is 0. The van der Waals surface area contributed by atoms with E-state index < -0.39 is 0 Å². The molecule has 3 heteroatoms. The van der Waals surface area contributed by atoms with Crippen LogP contribution >= 0.6 is 0 Å². The number of ether oxygens (including phenoxy) is 1. The average Bonchev–Trinajstić information content (AvgIpc) is 2.96. The molecule has 0 bridgehead atoms. The zero-order valence-corrected chi connectivity index (χ0v) is 10.5. The Balaban J connectivity index is 0.00000169. The van der Waals surface area contributed by atoms with E-state index in [4.69, 9.17) is 4.74 Å². The number of quaternary nitrogens is 1. The van der Waals surface area contributed by atoms with E-state index in [1.807, 2.05) is 0 Å². The molecule has 0 saturated carbocycles. The minimum absolute atomic E-state index is 0. The Morgan fingerprint density at radius 3 is 2.14 bits per heavy atom. The third-order valence-corrected chi connectivity index (χ3v) is 3.32. The average molecular weight is 222 g/mol. The second kappa shape index (κ2) is 6.65. The van der Waals surface area contributed by atoms with Gasteiger partial charge in [-0.15, -0.1) is 0 Å². The van der Waals surface area contributed by atoms with Crippen LogP contribution in [0.25, 0.3) is 0 Å². The molecule has 0 amide bonds. The predicted octanol–water partition coefficient (Wildman–Crippen LogP) is -0.954. The van der Waals surface area contributed by atoms with Crippen molar-refractivity contribution in [2.45, 2.75) is 39.7 Å². The molecule has 1 unspecified atom stereocenters. The fraction of sp³-hybridized carbons (Fsp3) is 1.00. The predicted molar refractivity (Wildman–Crippen MR) is 55.7 cm³/mol. The van der Waals surface area contributed by atoms with E-state index >= 15 is 0 Å². The number of halogens is 1. The van der Waals surface area contributed by atoms with Crippen LogP contribution in [0.3, 0.4) is 0 Å². The fourth-order valence-electron chi connectivity index (χ4n) is 1.99. The van der Waals surface area contributed by atoms with Crippen molar-refractivity contribution < 1.29 is 21.6 Å². The number of epoxide rings is 1. The minimum Gasteiger partial charge on any atom is -1.00 e. The maximum atomic E-state index is 5.33. The lowest BCUT2D eigenvalue weighted by Crippen LogP contribution is -3.00. The summed E-state index contributed by atoms with van der Waals surface area (Å²) in [5.41, 5.74) is 0. The van der Waals surface area contributed by atoms with Crippen LogP contribution in [0.4, 0.5) is 0 Å². The monoisotopic (exact) mass is 221 g/mol. The quantitative estimate of drug-likeness (QED) is 0.399. The highest BCUT2D eigenvalue weighted by Gasteiger charge is 2.34. The van der Waals surface area contributed by atoms with Gasteiger partial charge in [0, 0.05) is 0 Å². The molecule has 1 saturated heterocycles. The van der Waals surface area contributed by atoms with Gasteiger partial charge in [0.2, 0.25) is 0 Å². The largest absolute Gasteiger partial charge is 1.00 e. The Bertz CT molecular complexity index is 144. The van der Waals surface area contributed by atoms with Gasteiger partial charge in [-0.1, -0.05) is 13.3 Å². The normalized spacial score (nSPS) is 20.4. The van der Waals surface area contributed by atoms with Crippen molar-refractivity contribution in [3.05, 3.63) is 0 Å². The first-order chi connectivity index (χ1) is 6.26. The van der Waals surface area contributed by atoms with Crippen molar-refractivity contribution in [2.75, 3.05) is 32.8 Å². The molecule has 1 heterocycles. The van der Waals surface area contributed by atoms with Gasteiger partial charge < -0.3 is 21.6 Å². The Hall–Kier alpha value is 0.210. The third-order valence-electron chi connectivity index (χ3n) is 3.32. The van der Waals surface area contributed by atoms with Gasteiger partial charge in [0.25, 0.3) is 0 Å². The van der Waals surface area contributed by atoms with Gasteiger partial charge >= 0.3 is 0 Å². The fourth-order valence-corrected chi connectivity index (χ4v) is 1.99. The molecule has 1 fully saturated rings. The first-order valence-electron chi connectivity index (χ1n) is 5.73. The number of hydrogen-bond acceptors (Lipinski definition) is 1. The third kappa shape index (κ3) is 4.16. The van der Waals surface area contributed by atoms with E-state index in [0.29, 0.717) is 6.10 Å². The zero-order valence-electron chi connectivity index (χ0n) is 9.76. The highest BCUT2D eigenvalue weighted by Crippen LogP contribution is 2.18. The summed E-state index contributed by atoms with van der Waals surface area (Å²) in [6.45, 7) is 13.0. The molecule has 1 rings (SSSR count). The molecule has 0 spiro atoms. The second-order valence-electron chi connectivity index (χ2n) is 4.19. The number of hydrogen-bond donors (Lipinski definition) is 0. The van der Waals surface area contributed by atoms with Crippen molar-refractivity contribution in [3.63, 3.8) is 0 Å². The number of rotatable bonds is 7. The SMILES string of the molecule is CCCC[N+](CC)(CC)CC1CO1.[Cl-]. The summed E-state index contributed by atoms with van der Waals surface area (Å²) >= 11 is 0. The van der Waals surface area contributed by atoms with Crippen LogP contribution in [-0.2, 0) is 4.74 Å². The molecule has 14 heavy (non-hydrogen) atoms. The summed E-state index contributed by atoms with van der Waals surface area (Å²) in [7, 11) is 0. The Morgan fingerprint density at radius 2 is 1.79 bits per heavy atom. The first-order valence-corrected chi connectivity index (χ1v) is 5.73. The molecule has 0 radical (unpaired) electrons. The van der Waals surface area contributed by atoms with Crippen LogP contribution in [0.1, 0.15) is 33.6 Å². The van der Waals surface area contributed by atoms with Gasteiger partial charge in [0.1, 0.15) is 12.6 Å². The molecule has 0 aromatic carbocycles. The van der Waals surface area contributed by atoms with Gasteiger partial charge in [-0.2, -0.15) is 0 Å². The van der Waals surface area contributed by atoms with E-state index in [0.717, 1.165) is 6.61 Å². The Labute approximate surface area is 94.6 Å². The van der Waals surface area contributed by atoms with Gasteiger partial charge in [-0.3, -0.25) is 0 Å². The van der Waals surface area contributed by atoms with E-state index in [-0.39, 0.29) is 12.4 Å². The lowest BCUT2D eigenvalue weighted by Gasteiger charge is -2.36. The van der Waals surface area contributed by atoms with Crippen molar-refractivity contribution in [3.8, 4) is 0 Å². The van der Waals surface area contributed by atoms with Crippen molar-refractivity contribution >= 4 is 0 Å². The molecule has 1 aliphatic rings. The Morgan fingerprint density at radius 1 is 1.21 bits per heavy atom. The van der Waals surface area contributed by atoms with Gasteiger partial charge in [-0.05, 0) is 20.3 Å². The summed E-state index contributed by atoms with van der Waals surface area (Å²) < 4.78 is 6.59. The zero-order chi connectivity index (χ0) is 9.73. The molecule has 0 N–H and O–H groups in total. The van der Waals surface area contributed by atoms with Crippen LogP contribution in [0, 0.1) is 0 Å². The van der Waals surface area contributed by atoms with Crippen LogP contribution < -0.4 is 12.4 Å². The van der Waals surface area contributed by atoms with E-state index in [2.05, 4.69) is 20.8 Å². The lowest BCUT2D eigenvalue weighted by molar-refractivity contribution is -0.925. The first kappa shape index (κ1) is 14.2. The van der Waals surface area contributed by atoms with E-state index in [1.54, 1.807) is 0 Å². The molecule has 2 nitrogen and oxygen atoms in total. The second-order valence-corrected chi connectivity index (χ2v) is 4.19. The van der Waals surface area contributed by atoms with Gasteiger partial charge in [-0.25, -0.2) is 0 Å². The highest BCUT2D eigenvalue weighted by molar-refractivity contribution is 4.68. The van der Waals surface area contributed by atoms with Gasteiger partial charge in [0.15, 0.2) is 0 Å². The molecular weight excluding hydrogens is 198 g/mol. The summed E-state index contributed by atoms with van der Waals surface area (Å²) in [5, 5.41) is 0.